The number of hydrogen-bond donors (Lipinski definition) is 0. The molecule has 0 spiro atoms. The highest BCUT2D eigenvalue weighted by Crippen LogP contribution is 2.55. The van der Waals surface area contributed by atoms with Gasteiger partial charge in [-0.2, -0.15) is 0 Å². The Morgan fingerprint density at radius 1 is 0.432 bits per heavy atom. The molecule has 1 aliphatic carbocycles. The van der Waals surface area contributed by atoms with Gasteiger partial charge in [0, 0.05) is 46.3 Å². The van der Waals surface area contributed by atoms with E-state index in [1.54, 1.807) is 0 Å². The Hall–Kier alpha value is -4.04. The first-order valence-electron chi connectivity index (χ1n) is 17.1. The van der Waals surface area contributed by atoms with Crippen molar-refractivity contribution in [2.45, 2.75) is 90.1 Å². The van der Waals surface area contributed by atoms with Crippen LogP contribution >= 0.6 is 0 Å². The van der Waals surface area contributed by atoms with Crippen molar-refractivity contribution in [3.63, 3.8) is 0 Å². The first kappa shape index (κ1) is 28.7. The molecule has 7 rings (SSSR count). The van der Waals surface area contributed by atoms with Crippen molar-refractivity contribution >= 4 is 21.8 Å². The van der Waals surface area contributed by atoms with Gasteiger partial charge in [-0.05, 0) is 47.2 Å². The maximum absolute atomic E-state index is 2.73. The maximum atomic E-state index is 2.73. The Morgan fingerprint density at radius 3 is 1.23 bits per heavy atom. The quantitative estimate of drug-likeness (QED) is 0.128. The highest BCUT2D eigenvalue weighted by Gasteiger charge is 2.42. The summed E-state index contributed by atoms with van der Waals surface area (Å²) in [6.07, 6.45) is 10.1. The summed E-state index contributed by atoms with van der Waals surface area (Å²) >= 11 is 0. The van der Waals surface area contributed by atoms with Crippen molar-refractivity contribution < 1.29 is 0 Å². The zero-order chi connectivity index (χ0) is 29.9. The first-order valence-corrected chi connectivity index (χ1v) is 17.1. The van der Waals surface area contributed by atoms with Gasteiger partial charge < -0.3 is 9.13 Å². The molecule has 0 aliphatic heterocycles. The Balaban J connectivity index is 1.57. The van der Waals surface area contributed by atoms with Crippen LogP contribution in [0.4, 0.5) is 0 Å². The third kappa shape index (κ3) is 4.99. The van der Waals surface area contributed by atoms with Crippen molar-refractivity contribution in [3.05, 3.63) is 143 Å². The molecule has 2 heteroatoms. The van der Waals surface area contributed by atoms with E-state index in [0.29, 0.717) is 0 Å². The lowest BCUT2D eigenvalue weighted by Crippen LogP contribution is -2.24. The lowest BCUT2D eigenvalue weighted by molar-refractivity contribution is 0.556. The number of para-hydroxylation sites is 2. The summed E-state index contributed by atoms with van der Waals surface area (Å²) in [6, 6.07) is 41.2. The summed E-state index contributed by atoms with van der Waals surface area (Å²) in [5.41, 5.74) is 11.6. The summed E-state index contributed by atoms with van der Waals surface area (Å²) in [5.74, 6) is 0.364. The van der Waals surface area contributed by atoms with Crippen LogP contribution in [0.2, 0.25) is 0 Å². The fourth-order valence-electron chi connectivity index (χ4n) is 8.02. The molecule has 6 aromatic rings. The van der Waals surface area contributed by atoms with Crippen LogP contribution in [0.5, 0.6) is 0 Å². The maximum Gasteiger partial charge on any atom is 0.0520 e. The lowest BCUT2D eigenvalue weighted by atomic mass is 9.72. The molecule has 1 aliphatic rings. The van der Waals surface area contributed by atoms with Gasteiger partial charge in [-0.15, -0.1) is 0 Å². The molecule has 0 bridgehead atoms. The number of aromatic nitrogens is 2. The van der Waals surface area contributed by atoms with Gasteiger partial charge in [0.2, 0.25) is 0 Å². The largest absolute Gasteiger partial charge is 0.343 e. The summed E-state index contributed by atoms with van der Waals surface area (Å²) in [7, 11) is 0. The van der Waals surface area contributed by atoms with Gasteiger partial charge in [-0.3, -0.25) is 0 Å². The van der Waals surface area contributed by atoms with Crippen molar-refractivity contribution in [1.29, 1.82) is 0 Å². The van der Waals surface area contributed by atoms with E-state index >= 15 is 0 Å². The monoisotopic (exact) mass is 578 g/mol. The number of hydrogen-bond acceptors (Lipinski definition) is 0. The molecular weight excluding hydrogens is 532 g/mol. The van der Waals surface area contributed by atoms with E-state index in [1.807, 2.05) is 0 Å². The Labute approximate surface area is 263 Å². The van der Waals surface area contributed by atoms with Crippen LogP contribution in [0, 0.1) is 0 Å². The predicted octanol–water partition coefficient (Wildman–Crippen LogP) is 11.4. The number of aryl methyl sites for hydroxylation is 2. The number of fused-ring (bicyclic) bond motifs is 6. The molecule has 44 heavy (non-hydrogen) atoms. The molecule has 0 radical (unpaired) electrons. The molecule has 2 atom stereocenters. The van der Waals surface area contributed by atoms with Gasteiger partial charge >= 0.3 is 0 Å². The number of rotatable bonds is 12. The van der Waals surface area contributed by atoms with Gasteiger partial charge in [-0.1, -0.05) is 149 Å². The minimum Gasteiger partial charge on any atom is -0.343 e. The molecule has 4 aromatic carbocycles. The molecule has 2 heterocycles. The normalized spacial score (nSPS) is 16.0. The van der Waals surface area contributed by atoms with Crippen LogP contribution in [-0.4, -0.2) is 9.13 Å². The zero-order valence-electron chi connectivity index (χ0n) is 26.5. The molecule has 0 N–H and O–H groups in total. The highest BCUT2D eigenvalue weighted by molar-refractivity contribution is 5.94. The average Bonchev–Trinajstić information content (AvgIpc) is 3.58. The number of benzene rings is 4. The van der Waals surface area contributed by atoms with E-state index in [-0.39, 0.29) is 11.8 Å². The van der Waals surface area contributed by atoms with Crippen LogP contribution in [0.25, 0.3) is 21.8 Å². The van der Waals surface area contributed by atoms with Crippen molar-refractivity contribution in [2.75, 3.05) is 0 Å². The summed E-state index contributed by atoms with van der Waals surface area (Å²) in [5, 5.41) is 2.84. The van der Waals surface area contributed by atoms with Crippen LogP contribution in [0.15, 0.2) is 109 Å². The Bertz CT molecular complexity index is 1700. The fourth-order valence-corrected chi connectivity index (χ4v) is 8.02. The second kappa shape index (κ2) is 12.9. The highest BCUT2D eigenvalue weighted by atomic mass is 15.0. The summed E-state index contributed by atoms with van der Waals surface area (Å²) < 4.78 is 5.45. The Morgan fingerprint density at radius 2 is 0.818 bits per heavy atom. The standard InChI is InChI=1S/C42H46N2/c1-3-5-7-19-29-43-35-27-17-15-25-33(35)39-38(32-23-13-10-14-24-32)42-40(37(41(39)43)31-21-11-9-12-22-31)34-26-16-18-28-36(34)44(42)30-20-8-6-4-2/h9-18,21-28,37-38H,3-8,19-20,29-30H2,1-2H3/t37-,38+. The third-order valence-electron chi connectivity index (χ3n) is 9.96. The fraction of sp³-hybridized carbons (Fsp3) is 0.333. The Kier molecular flexibility index (Phi) is 8.42. The second-order valence-electron chi connectivity index (χ2n) is 12.7. The smallest absolute Gasteiger partial charge is 0.0520 e. The second-order valence-corrected chi connectivity index (χ2v) is 12.7. The van der Waals surface area contributed by atoms with Gasteiger partial charge in [0.15, 0.2) is 0 Å². The topological polar surface area (TPSA) is 9.86 Å². The zero-order valence-corrected chi connectivity index (χ0v) is 26.5. The minimum absolute atomic E-state index is 0.182. The van der Waals surface area contributed by atoms with E-state index in [9.17, 15) is 0 Å². The molecule has 0 amide bonds. The molecular formula is C42H46N2. The molecule has 0 saturated carbocycles. The predicted molar refractivity (Wildman–Crippen MR) is 187 cm³/mol. The van der Waals surface area contributed by atoms with E-state index in [1.165, 1.54) is 107 Å². The first-order chi connectivity index (χ1) is 21.8. The molecule has 2 aromatic heterocycles. The van der Waals surface area contributed by atoms with E-state index < -0.39 is 0 Å². The van der Waals surface area contributed by atoms with Crippen LogP contribution in [-0.2, 0) is 13.1 Å². The molecule has 2 nitrogen and oxygen atoms in total. The minimum atomic E-state index is 0.182. The van der Waals surface area contributed by atoms with Gasteiger partial charge in [0.05, 0.1) is 11.8 Å². The lowest BCUT2D eigenvalue weighted by Gasteiger charge is -2.34. The summed E-state index contributed by atoms with van der Waals surface area (Å²) in [6.45, 7) is 6.74. The SMILES string of the molecule is CCCCCCn1c2c(c3ccccc31)[C@H](c1ccccc1)c1c(c3ccccc3n1CCCCCC)[C@H]2c1ccccc1. The number of nitrogens with zero attached hydrogens (tertiary/aromatic N) is 2. The molecule has 224 valence electrons. The van der Waals surface area contributed by atoms with Gasteiger partial charge in [0.25, 0.3) is 0 Å². The van der Waals surface area contributed by atoms with E-state index in [2.05, 4.69) is 132 Å². The van der Waals surface area contributed by atoms with Crippen molar-refractivity contribution in [3.8, 4) is 0 Å². The van der Waals surface area contributed by atoms with Crippen LogP contribution in [0.3, 0.4) is 0 Å². The number of unbranched alkanes of at least 4 members (excludes halogenated alkanes) is 6. The average molecular weight is 579 g/mol. The van der Waals surface area contributed by atoms with Crippen LogP contribution in [0.1, 0.15) is 111 Å². The van der Waals surface area contributed by atoms with Crippen molar-refractivity contribution in [1.82, 2.24) is 9.13 Å². The third-order valence-corrected chi connectivity index (χ3v) is 9.96. The van der Waals surface area contributed by atoms with Gasteiger partial charge in [0.1, 0.15) is 0 Å². The molecule has 0 saturated heterocycles. The van der Waals surface area contributed by atoms with E-state index in [4.69, 9.17) is 0 Å². The molecule has 0 unspecified atom stereocenters. The summed E-state index contributed by atoms with van der Waals surface area (Å²) in [4.78, 5) is 0. The molecule has 0 fully saturated rings. The van der Waals surface area contributed by atoms with Gasteiger partial charge in [-0.25, -0.2) is 0 Å². The van der Waals surface area contributed by atoms with Crippen LogP contribution < -0.4 is 0 Å². The van der Waals surface area contributed by atoms with E-state index in [0.717, 1.165) is 13.1 Å². The van der Waals surface area contributed by atoms with Crippen molar-refractivity contribution in [2.24, 2.45) is 0 Å².